The number of nitrogens with one attached hydrogen (secondary N) is 6. The molecule has 8 atom stereocenters. The molecule has 0 aromatic carbocycles. The SMILES string of the molecule is CCC[C@H](NC(=O)[C@@H](NC(=O)[C@@H](CC(C)C)NC(C)=O)[C@@H](C)O)C(=O)N[C@H](C(=O)N[C@@H](CCCN=C(N)N)C(=O)N1CCC[C@H]1C(=O)NCC)[C@@H](C)CC. The topological polar surface area (TPSA) is 280 Å². The van der Waals surface area contributed by atoms with Gasteiger partial charge in [0.25, 0.3) is 0 Å². The second kappa shape index (κ2) is 24.0. The Morgan fingerprint density at radius 1 is 0.796 bits per heavy atom. The second-order valence-electron chi connectivity index (χ2n) is 14.4. The lowest BCUT2D eigenvalue weighted by molar-refractivity contribution is -0.142. The molecule has 1 heterocycles. The number of carbonyl (C=O) groups is 7. The summed E-state index contributed by atoms with van der Waals surface area (Å²) >= 11 is 0. The fourth-order valence-electron chi connectivity index (χ4n) is 6.20. The van der Waals surface area contributed by atoms with Crippen LogP contribution >= 0.6 is 0 Å². The first-order chi connectivity index (χ1) is 25.4. The van der Waals surface area contributed by atoms with Gasteiger partial charge >= 0.3 is 0 Å². The summed E-state index contributed by atoms with van der Waals surface area (Å²) in [6, 6.07) is -6.41. The number of guanidine groups is 1. The molecule has 1 rings (SSSR count). The van der Waals surface area contributed by atoms with Crippen molar-refractivity contribution in [2.75, 3.05) is 19.6 Å². The quantitative estimate of drug-likeness (QED) is 0.0343. The smallest absolute Gasteiger partial charge is 0.245 e. The van der Waals surface area contributed by atoms with Gasteiger partial charge in [-0.3, -0.25) is 38.6 Å². The average Bonchev–Trinajstić information content (AvgIpc) is 3.59. The van der Waals surface area contributed by atoms with Gasteiger partial charge in [-0.05, 0) is 64.2 Å². The maximum absolute atomic E-state index is 14.0. The van der Waals surface area contributed by atoms with Crippen LogP contribution in [0.3, 0.4) is 0 Å². The van der Waals surface area contributed by atoms with Crippen LogP contribution in [0, 0.1) is 11.8 Å². The van der Waals surface area contributed by atoms with E-state index in [0.29, 0.717) is 45.2 Å². The first-order valence-corrected chi connectivity index (χ1v) is 19.2. The van der Waals surface area contributed by atoms with Gasteiger partial charge in [-0.15, -0.1) is 0 Å². The van der Waals surface area contributed by atoms with Gasteiger partial charge in [0.2, 0.25) is 41.4 Å². The molecular formula is C36H66N10O8. The summed E-state index contributed by atoms with van der Waals surface area (Å²) in [5.41, 5.74) is 10.9. The Hall–Kier alpha value is -4.48. The van der Waals surface area contributed by atoms with Crippen LogP contribution in [0.15, 0.2) is 4.99 Å². The van der Waals surface area contributed by atoms with Crippen molar-refractivity contribution in [3.05, 3.63) is 0 Å². The van der Waals surface area contributed by atoms with Crippen molar-refractivity contribution in [2.24, 2.45) is 28.3 Å². The van der Waals surface area contributed by atoms with Gasteiger partial charge < -0.3 is 53.4 Å². The van der Waals surface area contributed by atoms with Crippen LogP contribution < -0.4 is 43.4 Å². The first kappa shape index (κ1) is 47.5. The molecule has 1 aliphatic rings. The number of rotatable bonds is 23. The van der Waals surface area contributed by atoms with Crippen LogP contribution in [0.1, 0.15) is 107 Å². The normalized spacial score (nSPS) is 17.8. The Labute approximate surface area is 319 Å². The van der Waals surface area contributed by atoms with Crippen LogP contribution in [-0.4, -0.2) is 119 Å². The standard InChI is InChI=1S/C36H66N10O8/c1-9-14-24(42-34(53)29(22(7)47)45-31(50)26(19-20(4)5)41-23(8)48)30(49)44-28(21(6)10-2)33(52)43-25(15-12-17-40-36(37)38)35(54)46-18-13-16-27(46)32(51)39-11-3/h20-22,24-29,47H,9-19H2,1-8H3,(H,39,51)(H,41,48)(H,42,53)(H,43,52)(H,44,49)(H,45,50)(H4,37,38,40)/t21-,22+,24-,25-,26+,27-,28-,29-/m0/s1. The number of nitrogens with two attached hydrogens (primary N) is 2. The molecular weight excluding hydrogens is 700 g/mol. The molecule has 0 bridgehead atoms. The monoisotopic (exact) mass is 767 g/mol. The van der Waals surface area contributed by atoms with Crippen LogP contribution in [0.4, 0.5) is 0 Å². The Morgan fingerprint density at radius 3 is 1.93 bits per heavy atom. The minimum absolute atomic E-state index is 0.0298. The summed E-state index contributed by atoms with van der Waals surface area (Å²) in [7, 11) is 0. The number of likely N-dealkylation sites (N-methyl/N-ethyl adjacent to an activating group) is 1. The molecule has 0 aromatic rings. The van der Waals surface area contributed by atoms with Gasteiger partial charge in [0.15, 0.2) is 5.96 Å². The van der Waals surface area contributed by atoms with Gasteiger partial charge in [0.1, 0.15) is 36.3 Å². The zero-order valence-corrected chi connectivity index (χ0v) is 33.3. The lowest BCUT2D eigenvalue weighted by Gasteiger charge is -2.31. The van der Waals surface area contributed by atoms with E-state index in [0.717, 1.165) is 0 Å². The highest BCUT2D eigenvalue weighted by Gasteiger charge is 2.39. The lowest BCUT2D eigenvalue weighted by Crippen LogP contribution is -2.62. The summed E-state index contributed by atoms with van der Waals surface area (Å²) in [5.74, 6) is -4.45. The van der Waals surface area contributed by atoms with E-state index in [9.17, 15) is 38.7 Å². The Balaban J connectivity index is 3.28. The highest BCUT2D eigenvalue weighted by Crippen LogP contribution is 2.20. The zero-order chi connectivity index (χ0) is 41.1. The fraction of sp³-hybridized carbons (Fsp3) is 0.778. The lowest BCUT2D eigenvalue weighted by atomic mass is 9.96. The predicted octanol–water partition coefficient (Wildman–Crippen LogP) is -1.12. The van der Waals surface area contributed by atoms with E-state index in [4.69, 9.17) is 11.5 Å². The van der Waals surface area contributed by atoms with E-state index in [-0.39, 0.29) is 43.6 Å². The number of hydrogen-bond acceptors (Lipinski definition) is 9. The summed E-state index contributed by atoms with van der Waals surface area (Å²) in [5, 5.41) is 26.5. The van der Waals surface area contributed by atoms with Crippen molar-refractivity contribution in [2.45, 2.75) is 149 Å². The summed E-state index contributed by atoms with van der Waals surface area (Å²) < 4.78 is 0. The van der Waals surface area contributed by atoms with Crippen LogP contribution in [-0.2, 0) is 33.6 Å². The molecule has 1 saturated heterocycles. The van der Waals surface area contributed by atoms with E-state index in [1.54, 1.807) is 20.8 Å². The molecule has 7 amide bonds. The number of nitrogens with zero attached hydrogens (tertiary/aromatic N) is 2. The van der Waals surface area contributed by atoms with E-state index in [2.05, 4.69) is 36.9 Å². The summed E-state index contributed by atoms with van der Waals surface area (Å²) in [6.07, 6.45) is 1.61. The van der Waals surface area contributed by atoms with Crippen LogP contribution in [0.25, 0.3) is 0 Å². The molecule has 54 heavy (non-hydrogen) atoms. The third kappa shape index (κ3) is 15.9. The van der Waals surface area contributed by atoms with Gasteiger partial charge in [0, 0.05) is 26.6 Å². The number of carbonyl (C=O) groups excluding carboxylic acids is 7. The molecule has 0 aromatic heterocycles. The molecule has 308 valence electrons. The molecule has 1 aliphatic heterocycles. The molecule has 11 N–H and O–H groups in total. The maximum Gasteiger partial charge on any atom is 0.245 e. The van der Waals surface area contributed by atoms with Crippen LogP contribution in [0.5, 0.6) is 0 Å². The summed E-state index contributed by atoms with van der Waals surface area (Å²) in [4.78, 5) is 98.2. The number of likely N-dealkylation sites (tertiary alicyclic amines) is 1. The average molecular weight is 767 g/mol. The number of aliphatic imine (C=N–C) groups is 1. The molecule has 18 heteroatoms. The molecule has 1 fully saturated rings. The van der Waals surface area contributed by atoms with Crippen molar-refractivity contribution in [3.8, 4) is 0 Å². The van der Waals surface area contributed by atoms with Crippen molar-refractivity contribution < 1.29 is 38.7 Å². The Kier molecular flexibility index (Phi) is 21.2. The molecule has 0 unspecified atom stereocenters. The highest BCUT2D eigenvalue weighted by molar-refractivity contribution is 5.97. The van der Waals surface area contributed by atoms with Crippen molar-refractivity contribution in [1.29, 1.82) is 0 Å². The van der Waals surface area contributed by atoms with Gasteiger partial charge in [-0.1, -0.05) is 47.5 Å². The number of amides is 7. The molecule has 0 spiro atoms. The maximum atomic E-state index is 14.0. The van der Waals surface area contributed by atoms with E-state index in [1.165, 1.54) is 18.7 Å². The van der Waals surface area contributed by atoms with Crippen molar-refractivity contribution in [1.82, 2.24) is 36.8 Å². The molecule has 18 nitrogen and oxygen atoms in total. The highest BCUT2D eigenvalue weighted by atomic mass is 16.3. The molecule has 0 saturated carbocycles. The van der Waals surface area contributed by atoms with Gasteiger partial charge in [-0.25, -0.2) is 0 Å². The van der Waals surface area contributed by atoms with Crippen molar-refractivity contribution in [3.63, 3.8) is 0 Å². The largest absolute Gasteiger partial charge is 0.391 e. The van der Waals surface area contributed by atoms with E-state index in [1.807, 2.05) is 20.8 Å². The van der Waals surface area contributed by atoms with Gasteiger partial charge in [0.05, 0.1) is 6.10 Å². The Morgan fingerprint density at radius 2 is 1.39 bits per heavy atom. The number of aliphatic hydroxyl groups is 1. The Bertz CT molecular complexity index is 1310. The fourth-order valence-corrected chi connectivity index (χ4v) is 6.20. The third-order valence-corrected chi connectivity index (χ3v) is 9.22. The van der Waals surface area contributed by atoms with Crippen molar-refractivity contribution >= 4 is 47.3 Å². The summed E-state index contributed by atoms with van der Waals surface area (Å²) in [6.45, 7) is 14.4. The predicted molar refractivity (Wildman–Crippen MR) is 204 cm³/mol. The minimum Gasteiger partial charge on any atom is -0.391 e. The van der Waals surface area contributed by atoms with E-state index >= 15 is 0 Å². The zero-order valence-electron chi connectivity index (χ0n) is 33.3. The van der Waals surface area contributed by atoms with Gasteiger partial charge in [-0.2, -0.15) is 0 Å². The van der Waals surface area contributed by atoms with E-state index < -0.39 is 83.7 Å². The minimum atomic E-state index is -1.46. The second-order valence-corrected chi connectivity index (χ2v) is 14.4. The van der Waals surface area contributed by atoms with Crippen LogP contribution in [0.2, 0.25) is 0 Å². The molecule has 0 radical (unpaired) electrons. The third-order valence-electron chi connectivity index (χ3n) is 9.22. The number of hydrogen-bond donors (Lipinski definition) is 9. The number of aliphatic hydroxyl groups excluding tert-OH is 1. The molecule has 0 aliphatic carbocycles. The first-order valence-electron chi connectivity index (χ1n) is 19.2.